The molecule has 0 fully saturated rings. The van der Waals surface area contributed by atoms with Crippen molar-refractivity contribution in [2.24, 2.45) is 5.92 Å². The predicted octanol–water partition coefficient (Wildman–Crippen LogP) is 2.16. The summed E-state index contributed by atoms with van der Waals surface area (Å²) in [5, 5.41) is 3.03. The SMILES string of the molecule is O=C(NCCc1ccccn1)C1Cc2ccccc2C1. The molecule has 1 N–H and O–H groups in total. The molecule has 20 heavy (non-hydrogen) atoms. The van der Waals surface area contributed by atoms with Gasteiger partial charge < -0.3 is 5.32 Å². The zero-order valence-corrected chi connectivity index (χ0v) is 11.4. The van der Waals surface area contributed by atoms with Gasteiger partial charge in [-0.05, 0) is 36.1 Å². The van der Waals surface area contributed by atoms with Crippen LogP contribution in [0.5, 0.6) is 0 Å². The van der Waals surface area contributed by atoms with Gasteiger partial charge in [-0.3, -0.25) is 9.78 Å². The number of fused-ring (bicyclic) bond motifs is 1. The minimum Gasteiger partial charge on any atom is -0.355 e. The van der Waals surface area contributed by atoms with E-state index in [9.17, 15) is 4.79 Å². The molecule has 1 aromatic carbocycles. The Hall–Kier alpha value is -2.16. The Morgan fingerprint density at radius 2 is 1.80 bits per heavy atom. The fourth-order valence-electron chi connectivity index (χ4n) is 2.75. The fraction of sp³-hybridized carbons (Fsp3) is 0.294. The Bertz CT molecular complexity index is 570. The summed E-state index contributed by atoms with van der Waals surface area (Å²) < 4.78 is 0. The van der Waals surface area contributed by atoms with Gasteiger partial charge >= 0.3 is 0 Å². The second kappa shape index (κ2) is 5.87. The summed E-state index contributed by atoms with van der Waals surface area (Å²) in [5.41, 5.74) is 3.65. The number of hydrogen-bond acceptors (Lipinski definition) is 2. The van der Waals surface area contributed by atoms with Crippen molar-refractivity contribution >= 4 is 5.91 Å². The van der Waals surface area contributed by atoms with Gasteiger partial charge in [0.1, 0.15) is 0 Å². The van der Waals surface area contributed by atoms with Crippen LogP contribution in [0.15, 0.2) is 48.7 Å². The average molecular weight is 266 g/mol. The van der Waals surface area contributed by atoms with E-state index in [4.69, 9.17) is 0 Å². The smallest absolute Gasteiger partial charge is 0.223 e. The molecule has 2 aromatic rings. The summed E-state index contributed by atoms with van der Waals surface area (Å²) in [6, 6.07) is 14.2. The van der Waals surface area contributed by atoms with Crippen molar-refractivity contribution in [3.8, 4) is 0 Å². The Labute approximate surface area is 119 Å². The molecular formula is C17H18N2O. The second-order valence-electron chi connectivity index (χ2n) is 5.24. The lowest BCUT2D eigenvalue weighted by Gasteiger charge is -2.10. The molecule has 0 bridgehead atoms. The van der Waals surface area contributed by atoms with Crippen molar-refractivity contribution in [2.45, 2.75) is 19.3 Å². The second-order valence-corrected chi connectivity index (χ2v) is 5.24. The van der Waals surface area contributed by atoms with Gasteiger partial charge in [0.15, 0.2) is 0 Å². The van der Waals surface area contributed by atoms with Gasteiger partial charge in [0.2, 0.25) is 5.91 Å². The molecule has 0 atom stereocenters. The molecule has 3 heteroatoms. The third-order valence-corrected chi connectivity index (χ3v) is 3.83. The minimum absolute atomic E-state index is 0.0936. The number of pyridine rings is 1. The summed E-state index contributed by atoms with van der Waals surface area (Å²) in [7, 11) is 0. The van der Waals surface area contributed by atoms with E-state index in [1.807, 2.05) is 30.3 Å². The topological polar surface area (TPSA) is 42.0 Å². The van der Waals surface area contributed by atoms with Gasteiger partial charge in [-0.25, -0.2) is 0 Å². The molecule has 1 aliphatic carbocycles. The maximum absolute atomic E-state index is 12.2. The highest BCUT2D eigenvalue weighted by molar-refractivity contribution is 5.80. The molecule has 0 unspecified atom stereocenters. The van der Waals surface area contributed by atoms with E-state index in [1.54, 1.807) is 6.20 Å². The molecule has 0 saturated heterocycles. The average Bonchev–Trinajstić information content (AvgIpc) is 2.92. The van der Waals surface area contributed by atoms with Crippen molar-refractivity contribution in [1.82, 2.24) is 10.3 Å². The number of nitrogens with one attached hydrogen (secondary N) is 1. The summed E-state index contributed by atoms with van der Waals surface area (Å²) in [6.45, 7) is 0.655. The molecule has 102 valence electrons. The van der Waals surface area contributed by atoms with Crippen LogP contribution in [0.4, 0.5) is 0 Å². The van der Waals surface area contributed by atoms with E-state index >= 15 is 0 Å². The van der Waals surface area contributed by atoms with E-state index < -0.39 is 0 Å². The van der Waals surface area contributed by atoms with Crippen LogP contribution in [0.2, 0.25) is 0 Å². The molecule has 1 aromatic heterocycles. The predicted molar refractivity (Wildman–Crippen MR) is 78.3 cm³/mol. The highest BCUT2D eigenvalue weighted by Crippen LogP contribution is 2.26. The Balaban J connectivity index is 1.49. The monoisotopic (exact) mass is 266 g/mol. The maximum Gasteiger partial charge on any atom is 0.223 e. The first-order valence-corrected chi connectivity index (χ1v) is 7.07. The normalized spacial score (nSPS) is 14.0. The molecular weight excluding hydrogens is 248 g/mol. The summed E-state index contributed by atoms with van der Waals surface area (Å²) in [4.78, 5) is 16.4. The fourth-order valence-corrected chi connectivity index (χ4v) is 2.75. The third kappa shape index (κ3) is 2.87. The standard InChI is InChI=1S/C17H18N2O/c20-17(19-10-8-16-7-3-4-9-18-16)15-11-13-5-1-2-6-14(13)12-15/h1-7,9,15H,8,10-12H2,(H,19,20). The first kappa shape index (κ1) is 12.9. The first-order valence-electron chi connectivity index (χ1n) is 7.07. The highest BCUT2D eigenvalue weighted by atomic mass is 16.1. The van der Waals surface area contributed by atoms with Crippen LogP contribution >= 0.6 is 0 Å². The van der Waals surface area contributed by atoms with Crippen molar-refractivity contribution in [2.75, 3.05) is 6.54 Å². The zero-order chi connectivity index (χ0) is 13.8. The van der Waals surface area contributed by atoms with E-state index in [0.29, 0.717) is 6.54 Å². The Morgan fingerprint density at radius 3 is 2.45 bits per heavy atom. The van der Waals surface area contributed by atoms with Crippen LogP contribution in [0.1, 0.15) is 16.8 Å². The van der Waals surface area contributed by atoms with Gasteiger partial charge in [0, 0.05) is 30.8 Å². The number of aromatic nitrogens is 1. The first-order chi connectivity index (χ1) is 9.83. The summed E-state index contributed by atoms with van der Waals surface area (Å²) in [5.74, 6) is 0.258. The van der Waals surface area contributed by atoms with Crippen molar-refractivity contribution < 1.29 is 4.79 Å². The molecule has 0 aliphatic heterocycles. The summed E-state index contributed by atoms with van der Waals surface area (Å²) >= 11 is 0. The molecule has 0 radical (unpaired) electrons. The van der Waals surface area contributed by atoms with Gasteiger partial charge in [-0.2, -0.15) is 0 Å². The van der Waals surface area contributed by atoms with Gasteiger partial charge in [-0.15, -0.1) is 0 Å². The Kier molecular flexibility index (Phi) is 3.77. The van der Waals surface area contributed by atoms with Crippen LogP contribution in [-0.2, 0) is 24.1 Å². The molecule has 1 amide bonds. The Morgan fingerprint density at radius 1 is 1.10 bits per heavy atom. The molecule has 0 spiro atoms. The van der Waals surface area contributed by atoms with Crippen LogP contribution in [0, 0.1) is 5.92 Å². The number of rotatable bonds is 4. The molecule has 3 nitrogen and oxygen atoms in total. The van der Waals surface area contributed by atoms with E-state index in [2.05, 4.69) is 22.4 Å². The number of benzene rings is 1. The molecule has 0 saturated carbocycles. The third-order valence-electron chi connectivity index (χ3n) is 3.83. The number of hydrogen-bond donors (Lipinski definition) is 1. The van der Waals surface area contributed by atoms with Crippen molar-refractivity contribution in [3.05, 3.63) is 65.5 Å². The van der Waals surface area contributed by atoms with Gasteiger partial charge in [0.25, 0.3) is 0 Å². The lowest BCUT2D eigenvalue weighted by molar-refractivity contribution is -0.124. The lowest BCUT2D eigenvalue weighted by atomic mass is 10.1. The zero-order valence-electron chi connectivity index (χ0n) is 11.4. The van der Waals surface area contributed by atoms with Crippen LogP contribution in [-0.4, -0.2) is 17.4 Å². The molecule has 1 aliphatic rings. The van der Waals surface area contributed by atoms with Gasteiger partial charge in [-0.1, -0.05) is 30.3 Å². The van der Waals surface area contributed by atoms with Crippen LogP contribution in [0.3, 0.4) is 0 Å². The quantitative estimate of drug-likeness (QED) is 0.921. The van der Waals surface area contributed by atoms with Crippen LogP contribution in [0.25, 0.3) is 0 Å². The molecule has 3 rings (SSSR count). The van der Waals surface area contributed by atoms with Crippen molar-refractivity contribution in [3.63, 3.8) is 0 Å². The van der Waals surface area contributed by atoms with Gasteiger partial charge in [0.05, 0.1) is 0 Å². The largest absolute Gasteiger partial charge is 0.355 e. The lowest BCUT2D eigenvalue weighted by Crippen LogP contribution is -2.32. The van der Waals surface area contributed by atoms with Crippen LogP contribution < -0.4 is 5.32 Å². The number of nitrogens with zero attached hydrogens (tertiary/aromatic N) is 1. The highest BCUT2D eigenvalue weighted by Gasteiger charge is 2.26. The minimum atomic E-state index is 0.0936. The van der Waals surface area contributed by atoms with E-state index in [-0.39, 0.29) is 11.8 Å². The van der Waals surface area contributed by atoms with E-state index in [0.717, 1.165) is 25.0 Å². The number of amides is 1. The maximum atomic E-state index is 12.2. The summed E-state index contributed by atoms with van der Waals surface area (Å²) in [6.07, 6.45) is 4.30. The van der Waals surface area contributed by atoms with Crippen molar-refractivity contribution in [1.29, 1.82) is 0 Å². The number of carbonyl (C=O) groups is 1. The van der Waals surface area contributed by atoms with E-state index in [1.165, 1.54) is 11.1 Å². The molecule has 1 heterocycles. The number of carbonyl (C=O) groups excluding carboxylic acids is 1.